The first kappa shape index (κ1) is 18.9. The van der Waals surface area contributed by atoms with Gasteiger partial charge in [-0.3, -0.25) is 0 Å². The normalized spacial score (nSPS) is 11.1. The highest BCUT2D eigenvalue weighted by atomic mass is 17.5. The molecule has 0 heterocycles. The molecular formula is C16H34O3. The molecule has 0 rings (SSSR count). The van der Waals surface area contributed by atoms with E-state index in [-0.39, 0.29) is 0 Å². The summed E-state index contributed by atoms with van der Waals surface area (Å²) in [7, 11) is 0. The lowest BCUT2D eigenvalue weighted by molar-refractivity contribution is -0.490. The first-order valence-corrected chi connectivity index (χ1v) is 8.35. The first-order valence-electron chi connectivity index (χ1n) is 8.35. The second-order valence-corrected chi connectivity index (χ2v) is 5.49. The highest BCUT2D eigenvalue weighted by molar-refractivity contribution is 4.49. The minimum Gasteiger partial charge on any atom is -0.221 e. The summed E-state index contributed by atoms with van der Waals surface area (Å²) in [6.45, 7) is 2.77. The van der Waals surface area contributed by atoms with Gasteiger partial charge in [-0.1, -0.05) is 95.4 Å². The topological polar surface area (TPSA) is 38.7 Å². The average Bonchev–Trinajstić information content (AvgIpc) is 2.43. The zero-order valence-electron chi connectivity index (χ0n) is 12.9. The minimum atomic E-state index is 0.495. The van der Waals surface area contributed by atoms with Crippen LogP contribution >= 0.6 is 0 Å². The van der Waals surface area contributed by atoms with E-state index in [9.17, 15) is 0 Å². The molecule has 0 saturated heterocycles. The van der Waals surface area contributed by atoms with Crippen molar-refractivity contribution in [3.05, 3.63) is 0 Å². The van der Waals surface area contributed by atoms with Crippen LogP contribution in [0.3, 0.4) is 0 Å². The molecule has 0 aliphatic heterocycles. The molecule has 116 valence electrons. The maximum absolute atomic E-state index is 7.95. The Morgan fingerprint density at radius 2 is 0.947 bits per heavy atom. The van der Waals surface area contributed by atoms with Crippen molar-refractivity contribution in [1.82, 2.24) is 0 Å². The van der Waals surface area contributed by atoms with Crippen molar-refractivity contribution in [3.8, 4) is 0 Å². The molecule has 0 atom stereocenters. The fraction of sp³-hybridized carbons (Fsp3) is 1.00. The van der Waals surface area contributed by atoms with Crippen LogP contribution in [-0.4, -0.2) is 11.9 Å². The predicted octanol–water partition coefficient (Wildman–Crippen LogP) is 5.89. The Morgan fingerprint density at radius 1 is 0.579 bits per heavy atom. The maximum Gasteiger partial charge on any atom is 0.0853 e. The Balaban J connectivity index is 2.88. The molecule has 0 aliphatic carbocycles. The third-order valence-electron chi connectivity index (χ3n) is 3.63. The van der Waals surface area contributed by atoms with Crippen LogP contribution in [0.15, 0.2) is 0 Å². The van der Waals surface area contributed by atoms with Crippen LogP contribution in [-0.2, 0) is 9.93 Å². The standard InChI is InChI=1S/C16H34O3/c1-2-3-4-5-6-7-8-9-10-11-12-13-14-15-16-18-19-17/h17H,2-16H2,1H3. The fourth-order valence-corrected chi connectivity index (χ4v) is 2.39. The Labute approximate surface area is 119 Å². The highest BCUT2D eigenvalue weighted by Gasteiger charge is 1.94. The van der Waals surface area contributed by atoms with Crippen molar-refractivity contribution in [3.63, 3.8) is 0 Å². The number of hydrogen-bond acceptors (Lipinski definition) is 3. The highest BCUT2D eigenvalue weighted by Crippen LogP contribution is 2.12. The van der Waals surface area contributed by atoms with Crippen LogP contribution in [0.25, 0.3) is 0 Å². The van der Waals surface area contributed by atoms with Gasteiger partial charge in [-0.15, -0.1) is 0 Å². The second-order valence-electron chi connectivity index (χ2n) is 5.49. The van der Waals surface area contributed by atoms with E-state index in [1.807, 2.05) is 0 Å². The van der Waals surface area contributed by atoms with Crippen molar-refractivity contribution < 1.29 is 15.2 Å². The molecule has 3 heteroatoms. The summed E-state index contributed by atoms with van der Waals surface area (Å²) >= 11 is 0. The Bertz CT molecular complexity index is 135. The minimum absolute atomic E-state index is 0.495. The van der Waals surface area contributed by atoms with E-state index in [0.717, 1.165) is 6.42 Å². The van der Waals surface area contributed by atoms with Gasteiger partial charge in [0.05, 0.1) is 6.61 Å². The van der Waals surface area contributed by atoms with E-state index >= 15 is 0 Å². The molecule has 1 N–H and O–H groups in total. The quantitative estimate of drug-likeness (QED) is 0.217. The summed E-state index contributed by atoms with van der Waals surface area (Å²) in [5.74, 6) is 0. The molecule has 0 aromatic heterocycles. The van der Waals surface area contributed by atoms with E-state index in [1.165, 1.54) is 83.5 Å². The smallest absolute Gasteiger partial charge is 0.0853 e. The molecule has 0 saturated carbocycles. The molecule has 0 bridgehead atoms. The Morgan fingerprint density at radius 3 is 1.32 bits per heavy atom. The molecule has 0 unspecified atom stereocenters. The SMILES string of the molecule is CCCCCCCCCCCCCCCCOOO. The molecule has 19 heavy (non-hydrogen) atoms. The van der Waals surface area contributed by atoms with Crippen LogP contribution in [0, 0.1) is 0 Å². The molecule has 0 aromatic carbocycles. The lowest BCUT2D eigenvalue weighted by Crippen LogP contribution is -1.92. The monoisotopic (exact) mass is 274 g/mol. The van der Waals surface area contributed by atoms with Crippen LogP contribution in [0.4, 0.5) is 0 Å². The van der Waals surface area contributed by atoms with E-state index in [2.05, 4.69) is 16.8 Å². The second kappa shape index (κ2) is 17.9. The fourth-order valence-electron chi connectivity index (χ4n) is 2.39. The van der Waals surface area contributed by atoms with Crippen LogP contribution in [0.5, 0.6) is 0 Å². The van der Waals surface area contributed by atoms with Crippen molar-refractivity contribution in [1.29, 1.82) is 0 Å². The van der Waals surface area contributed by atoms with Gasteiger partial charge in [0.25, 0.3) is 0 Å². The molecule has 0 fully saturated rings. The van der Waals surface area contributed by atoms with Crippen LogP contribution in [0.2, 0.25) is 0 Å². The number of unbranched alkanes of at least 4 members (excludes halogenated alkanes) is 13. The van der Waals surface area contributed by atoms with E-state index in [0.29, 0.717) is 6.61 Å². The molecule has 3 nitrogen and oxygen atoms in total. The number of hydrogen-bond donors (Lipinski definition) is 1. The van der Waals surface area contributed by atoms with Crippen molar-refractivity contribution in [2.45, 2.75) is 96.8 Å². The van der Waals surface area contributed by atoms with Gasteiger partial charge in [-0.05, 0) is 6.42 Å². The lowest BCUT2D eigenvalue weighted by Gasteiger charge is -2.03. The summed E-state index contributed by atoms with van der Waals surface area (Å²) in [4.78, 5) is 4.40. The van der Waals surface area contributed by atoms with Gasteiger partial charge in [0, 0.05) is 0 Å². The first-order chi connectivity index (χ1) is 9.41. The van der Waals surface area contributed by atoms with E-state index in [1.54, 1.807) is 0 Å². The van der Waals surface area contributed by atoms with Crippen LogP contribution < -0.4 is 0 Å². The molecule has 0 spiro atoms. The number of rotatable bonds is 16. The summed E-state index contributed by atoms with van der Waals surface area (Å²) in [6.07, 6.45) is 18.8. The molecule has 0 aromatic rings. The predicted molar refractivity (Wildman–Crippen MR) is 80.0 cm³/mol. The summed E-state index contributed by atoms with van der Waals surface area (Å²) < 4.78 is 0. The molecule has 0 aliphatic rings. The van der Waals surface area contributed by atoms with Crippen LogP contribution in [0.1, 0.15) is 96.8 Å². The van der Waals surface area contributed by atoms with E-state index in [4.69, 9.17) is 5.26 Å². The van der Waals surface area contributed by atoms with Gasteiger partial charge in [-0.2, -0.15) is 0 Å². The maximum atomic E-state index is 7.95. The zero-order valence-corrected chi connectivity index (χ0v) is 12.9. The van der Waals surface area contributed by atoms with Crippen molar-refractivity contribution >= 4 is 0 Å². The third kappa shape index (κ3) is 17.9. The summed E-state index contributed by atoms with van der Waals surface area (Å²) in [6, 6.07) is 0. The van der Waals surface area contributed by atoms with Gasteiger partial charge >= 0.3 is 0 Å². The Hall–Kier alpha value is -0.120. The molecule has 0 radical (unpaired) electrons. The van der Waals surface area contributed by atoms with Crippen molar-refractivity contribution in [2.24, 2.45) is 0 Å². The van der Waals surface area contributed by atoms with Gasteiger partial charge in [0.15, 0.2) is 0 Å². The Kier molecular flexibility index (Phi) is 17.8. The summed E-state index contributed by atoms with van der Waals surface area (Å²) in [5, 5.41) is 11.5. The third-order valence-corrected chi connectivity index (χ3v) is 3.63. The largest absolute Gasteiger partial charge is 0.221 e. The van der Waals surface area contributed by atoms with E-state index < -0.39 is 0 Å². The lowest BCUT2D eigenvalue weighted by atomic mass is 10.0. The summed E-state index contributed by atoms with van der Waals surface area (Å²) in [5.41, 5.74) is 0. The van der Waals surface area contributed by atoms with Gasteiger partial charge in [-0.25, -0.2) is 10.1 Å². The molecular weight excluding hydrogens is 240 g/mol. The van der Waals surface area contributed by atoms with Gasteiger partial charge < -0.3 is 0 Å². The van der Waals surface area contributed by atoms with Gasteiger partial charge in [0.2, 0.25) is 0 Å². The van der Waals surface area contributed by atoms with Crippen molar-refractivity contribution in [2.75, 3.05) is 6.61 Å². The average molecular weight is 274 g/mol. The molecule has 0 amide bonds. The zero-order chi connectivity index (χ0) is 14.0. The van der Waals surface area contributed by atoms with Gasteiger partial charge in [0.1, 0.15) is 0 Å².